The molecular weight excluding hydrogens is 381 g/mol. The molecule has 4 aromatic carbocycles. The van der Waals surface area contributed by atoms with Gasteiger partial charge in [0.2, 0.25) is 0 Å². The molecule has 0 aromatic heterocycles. The summed E-state index contributed by atoms with van der Waals surface area (Å²) in [5, 5.41) is 24.8. The molecular formula is C27H30BNO2. The fraction of sp³-hybridized carbons (Fsp3) is 0.259. The number of nitrogens with zero attached hydrogens (tertiary/aromatic N) is 1. The van der Waals surface area contributed by atoms with Gasteiger partial charge in [-0.1, -0.05) is 73.7 Å². The Morgan fingerprint density at radius 1 is 0.742 bits per heavy atom. The van der Waals surface area contributed by atoms with Crippen LogP contribution in [0.2, 0.25) is 0 Å². The molecule has 0 amide bonds. The third-order valence-corrected chi connectivity index (χ3v) is 6.19. The quantitative estimate of drug-likeness (QED) is 0.342. The van der Waals surface area contributed by atoms with E-state index in [0.717, 1.165) is 25.1 Å². The average Bonchev–Trinajstić information content (AvgIpc) is 2.76. The normalized spacial score (nSPS) is 11.5. The average molecular weight is 411 g/mol. The minimum atomic E-state index is -1.45. The van der Waals surface area contributed by atoms with Crippen molar-refractivity contribution in [2.75, 3.05) is 6.54 Å². The maximum Gasteiger partial charge on any atom is 0.488 e. The van der Waals surface area contributed by atoms with Gasteiger partial charge < -0.3 is 10.0 Å². The van der Waals surface area contributed by atoms with E-state index in [0.29, 0.717) is 12.0 Å². The van der Waals surface area contributed by atoms with Crippen LogP contribution in [-0.2, 0) is 13.1 Å². The van der Waals surface area contributed by atoms with E-state index in [1.165, 1.54) is 38.2 Å². The lowest BCUT2D eigenvalue weighted by Crippen LogP contribution is -2.35. The van der Waals surface area contributed by atoms with Crippen LogP contribution in [0.1, 0.15) is 35.6 Å². The number of benzene rings is 4. The number of aryl methyl sites for hydroxylation is 2. The third kappa shape index (κ3) is 4.38. The van der Waals surface area contributed by atoms with Crippen LogP contribution in [0, 0.1) is 13.8 Å². The molecule has 31 heavy (non-hydrogen) atoms. The predicted molar refractivity (Wildman–Crippen MR) is 132 cm³/mol. The summed E-state index contributed by atoms with van der Waals surface area (Å²) in [6.07, 6.45) is 1.04. The lowest BCUT2D eigenvalue weighted by atomic mass is 9.77. The molecule has 0 spiro atoms. The van der Waals surface area contributed by atoms with Crippen LogP contribution in [0.25, 0.3) is 21.5 Å². The molecule has 0 bridgehead atoms. The maximum atomic E-state index is 9.77. The largest absolute Gasteiger partial charge is 0.488 e. The molecule has 0 radical (unpaired) electrons. The van der Waals surface area contributed by atoms with E-state index < -0.39 is 7.12 Å². The van der Waals surface area contributed by atoms with Crippen molar-refractivity contribution in [3.63, 3.8) is 0 Å². The van der Waals surface area contributed by atoms with Gasteiger partial charge in [0.15, 0.2) is 0 Å². The van der Waals surface area contributed by atoms with Gasteiger partial charge in [-0.25, -0.2) is 0 Å². The van der Waals surface area contributed by atoms with E-state index in [-0.39, 0.29) is 0 Å². The van der Waals surface area contributed by atoms with Crippen molar-refractivity contribution in [3.8, 4) is 0 Å². The summed E-state index contributed by atoms with van der Waals surface area (Å²) in [6.45, 7) is 9.01. The molecule has 0 heterocycles. The summed E-state index contributed by atoms with van der Waals surface area (Å²) in [5.74, 6) is 0. The zero-order chi connectivity index (χ0) is 22.0. The first-order chi connectivity index (χ1) is 15.0. The molecule has 0 aliphatic rings. The summed E-state index contributed by atoms with van der Waals surface area (Å²) in [7, 11) is -1.45. The van der Waals surface area contributed by atoms with Crippen molar-refractivity contribution in [3.05, 3.63) is 89.0 Å². The van der Waals surface area contributed by atoms with Crippen molar-refractivity contribution < 1.29 is 10.0 Å². The Kier molecular flexibility index (Phi) is 6.42. The SMILES string of the molecule is CCCN(Cc1ccccc1B(O)O)Cc1ccc(C)c2c1ccc1cccc(C)c12. The van der Waals surface area contributed by atoms with E-state index >= 15 is 0 Å². The molecule has 0 aliphatic heterocycles. The predicted octanol–water partition coefficient (Wildman–Crippen LogP) is 4.70. The summed E-state index contributed by atoms with van der Waals surface area (Å²) in [4.78, 5) is 2.40. The van der Waals surface area contributed by atoms with Gasteiger partial charge in [0.1, 0.15) is 0 Å². The Balaban J connectivity index is 1.76. The molecule has 0 saturated heterocycles. The van der Waals surface area contributed by atoms with Gasteiger partial charge in [-0.2, -0.15) is 0 Å². The zero-order valence-corrected chi connectivity index (χ0v) is 18.6. The van der Waals surface area contributed by atoms with Crippen LogP contribution in [0.4, 0.5) is 0 Å². The lowest BCUT2D eigenvalue weighted by Gasteiger charge is -2.24. The van der Waals surface area contributed by atoms with E-state index in [4.69, 9.17) is 0 Å². The van der Waals surface area contributed by atoms with Crippen molar-refractivity contribution in [2.24, 2.45) is 0 Å². The molecule has 0 atom stereocenters. The minimum Gasteiger partial charge on any atom is -0.423 e. The van der Waals surface area contributed by atoms with E-state index in [1.807, 2.05) is 18.2 Å². The summed E-state index contributed by atoms with van der Waals surface area (Å²) < 4.78 is 0. The fourth-order valence-electron chi connectivity index (χ4n) is 4.72. The van der Waals surface area contributed by atoms with E-state index in [2.05, 4.69) is 68.1 Å². The van der Waals surface area contributed by atoms with Gasteiger partial charge >= 0.3 is 7.12 Å². The van der Waals surface area contributed by atoms with Crippen LogP contribution in [0.3, 0.4) is 0 Å². The molecule has 3 nitrogen and oxygen atoms in total. The van der Waals surface area contributed by atoms with Gasteiger partial charge in [0.05, 0.1) is 0 Å². The van der Waals surface area contributed by atoms with Crippen molar-refractivity contribution in [2.45, 2.75) is 40.3 Å². The first kappa shape index (κ1) is 21.6. The number of hydrogen-bond donors (Lipinski definition) is 2. The van der Waals surface area contributed by atoms with Crippen LogP contribution < -0.4 is 5.46 Å². The van der Waals surface area contributed by atoms with Gasteiger partial charge in [0, 0.05) is 13.1 Å². The van der Waals surface area contributed by atoms with Crippen molar-refractivity contribution >= 4 is 34.1 Å². The molecule has 158 valence electrons. The molecule has 4 heteroatoms. The molecule has 0 fully saturated rings. The molecule has 4 aromatic rings. The summed E-state index contributed by atoms with van der Waals surface area (Å²) in [6, 6.07) is 23.1. The van der Waals surface area contributed by atoms with Gasteiger partial charge in [-0.05, 0) is 76.1 Å². The number of hydrogen-bond acceptors (Lipinski definition) is 3. The van der Waals surface area contributed by atoms with E-state index in [9.17, 15) is 10.0 Å². The Labute approximate surface area is 185 Å². The number of fused-ring (bicyclic) bond motifs is 3. The number of rotatable bonds is 7. The third-order valence-electron chi connectivity index (χ3n) is 6.19. The Bertz CT molecular complexity index is 1220. The second-order valence-electron chi connectivity index (χ2n) is 8.49. The fourth-order valence-corrected chi connectivity index (χ4v) is 4.72. The highest BCUT2D eigenvalue weighted by atomic mass is 16.4. The van der Waals surface area contributed by atoms with Crippen LogP contribution >= 0.6 is 0 Å². The first-order valence-corrected chi connectivity index (χ1v) is 11.1. The summed E-state index contributed by atoms with van der Waals surface area (Å²) in [5.41, 5.74) is 5.46. The standard InChI is InChI=1S/C27H30BNO2/c1-4-16-29(18-23-9-5-6-11-25(23)28(30)31)17-22-13-12-20(3)27-24(22)15-14-21-10-7-8-19(2)26(21)27/h5-15,30-31H,4,16-18H2,1-3H3. The lowest BCUT2D eigenvalue weighted by molar-refractivity contribution is 0.258. The monoisotopic (exact) mass is 411 g/mol. The smallest absolute Gasteiger partial charge is 0.423 e. The molecule has 4 rings (SSSR count). The molecule has 0 aliphatic carbocycles. The zero-order valence-electron chi connectivity index (χ0n) is 18.6. The molecule has 0 unspecified atom stereocenters. The second-order valence-corrected chi connectivity index (χ2v) is 8.49. The van der Waals surface area contributed by atoms with Crippen molar-refractivity contribution in [1.29, 1.82) is 0 Å². The Morgan fingerprint density at radius 2 is 1.48 bits per heavy atom. The minimum absolute atomic E-state index is 0.582. The molecule has 2 N–H and O–H groups in total. The summed E-state index contributed by atoms with van der Waals surface area (Å²) >= 11 is 0. The topological polar surface area (TPSA) is 43.7 Å². The van der Waals surface area contributed by atoms with Gasteiger partial charge in [0.25, 0.3) is 0 Å². The highest BCUT2D eigenvalue weighted by Crippen LogP contribution is 2.33. The van der Waals surface area contributed by atoms with E-state index in [1.54, 1.807) is 6.07 Å². The second kappa shape index (κ2) is 9.23. The van der Waals surface area contributed by atoms with Gasteiger partial charge in [-0.3, -0.25) is 4.90 Å². The maximum absolute atomic E-state index is 9.77. The Morgan fingerprint density at radius 3 is 2.26 bits per heavy atom. The van der Waals surface area contributed by atoms with Crippen LogP contribution in [0.5, 0.6) is 0 Å². The first-order valence-electron chi connectivity index (χ1n) is 11.1. The van der Waals surface area contributed by atoms with Gasteiger partial charge in [-0.15, -0.1) is 0 Å². The Hall–Kier alpha value is -2.66. The molecule has 0 saturated carbocycles. The van der Waals surface area contributed by atoms with Crippen molar-refractivity contribution in [1.82, 2.24) is 4.90 Å². The van der Waals surface area contributed by atoms with Crippen LogP contribution in [-0.4, -0.2) is 28.6 Å². The highest BCUT2D eigenvalue weighted by molar-refractivity contribution is 6.59. The highest BCUT2D eigenvalue weighted by Gasteiger charge is 2.18. The van der Waals surface area contributed by atoms with Crippen LogP contribution in [0.15, 0.2) is 66.7 Å².